The molecule has 0 saturated carbocycles. The molecule has 0 aromatic rings. The van der Waals surface area contributed by atoms with Crippen molar-refractivity contribution in [1.29, 1.82) is 0 Å². The second kappa shape index (κ2) is 7.54. The molecule has 6 heteroatoms. The number of aliphatic hydroxyl groups excluding tert-OH is 1. The van der Waals surface area contributed by atoms with E-state index in [1.54, 1.807) is 0 Å². The Morgan fingerprint density at radius 1 is 1.64 bits per heavy atom. The fourth-order valence-corrected chi connectivity index (χ4v) is 1.06. The van der Waals surface area contributed by atoms with E-state index in [0.29, 0.717) is 13.0 Å². The SMILES string of the molecule is CCC(NCC(O)COC)C(N)=NO. The zero-order valence-corrected chi connectivity index (χ0v) is 8.60. The first-order chi connectivity index (χ1) is 6.65. The Morgan fingerprint density at radius 2 is 2.29 bits per heavy atom. The van der Waals surface area contributed by atoms with Crippen molar-refractivity contribution >= 4 is 5.84 Å². The van der Waals surface area contributed by atoms with Gasteiger partial charge in [-0.1, -0.05) is 12.1 Å². The average molecular weight is 205 g/mol. The molecule has 0 spiro atoms. The normalized spacial score (nSPS) is 16.6. The number of amidine groups is 1. The van der Waals surface area contributed by atoms with Crippen LogP contribution >= 0.6 is 0 Å². The summed E-state index contributed by atoms with van der Waals surface area (Å²) in [5.41, 5.74) is 5.41. The predicted octanol–water partition coefficient (Wildman–Crippen LogP) is -0.892. The second-order valence-corrected chi connectivity index (χ2v) is 3.00. The third-order valence-corrected chi connectivity index (χ3v) is 1.84. The molecule has 0 aliphatic heterocycles. The quantitative estimate of drug-likeness (QED) is 0.187. The molecule has 0 radical (unpaired) electrons. The van der Waals surface area contributed by atoms with E-state index >= 15 is 0 Å². The Kier molecular flexibility index (Phi) is 7.09. The van der Waals surface area contributed by atoms with Crippen molar-refractivity contribution in [3.05, 3.63) is 0 Å². The van der Waals surface area contributed by atoms with Gasteiger partial charge in [0.05, 0.1) is 18.8 Å². The number of rotatable bonds is 7. The van der Waals surface area contributed by atoms with Gasteiger partial charge >= 0.3 is 0 Å². The Morgan fingerprint density at radius 3 is 2.71 bits per heavy atom. The van der Waals surface area contributed by atoms with E-state index in [9.17, 15) is 5.11 Å². The molecule has 2 unspecified atom stereocenters. The van der Waals surface area contributed by atoms with E-state index in [-0.39, 0.29) is 18.5 Å². The van der Waals surface area contributed by atoms with Gasteiger partial charge in [0.1, 0.15) is 0 Å². The van der Waals surface area contributed by atoms with E-state index in [1.807, 2.05) is 6.92 Å². The standard InChI is InChI=1S/C8H19N3O3/c1-3-7(8(9)11-13)10-4-6(12)5-14-2/h6-7,10,12-13H,3-5H2,1-2H3,(H2,9,11). The maximum absolute atomic E-state index is 9.32. The summed E-state index contributed by atoms with van der Waals surface area (Å²) >= 11 is 0. The Bertz CT molecular complexity index is 175. The molecule has 0 bridgehead atoms. The lowest BCUT2D eigenvalue weighted by atomic mass is 10.2. The van der Waals surface area contributed by atoms with Gasteiger partial charge in [0.25, 0.3) is 0 Å². The van der Waals surface area contributed by atoms with Crippen LogP contribution in [0.5, 0.6) is 0 Å². The van der Waals surface area contributed by atoms with E-state index in [2.05, 4.69) is 10.5 Å². The van der Waals surface area contributed by atoms with Crippen molar-refractivity contribution in [1.82, 2.24) is 5.32 Å². The number of ether oxygens (including phenoxy) is 1. The zero-order chi connectivity index (χ0) is 11.0. The number of nitrogens with two attached hydrogens (primary N) is 1. The van der Waals surface area contributed by atoms with Crippen LogP contribution in [0.1, 0.15) is 13.3 Å². The summed E-state index contributed by atoms with van der Waals surface area (Å²) in [5, 5.41) is 23.6. The molecule has 0 aromatic carbocycles. The van der Waals surface area contributed by atoms with Gasteiger partial charge in [-0.15, -0.1) is 0 Å². The number of aliphatic hydroxyl groups is 1. The van der Waals surface area contributed by atoms with Gasteiger partial charge in [-0.2, -0.15) is 0 Å². The highest BCUT2D eigenvalue weighted by atomic mass is 16.5. The maximum atomic E-state index is 9.32. The smallest absolute Gasteiger partial charge is 0.156 e. The van der Waals surface area contributed by atoms with Crippen LogP contribution in [0.2, 0.25) is 0 Å². The summed E-state index contributed by atoms with van der Waals surface area (Å²) in [6, 6.07) is -0.216. The van der Waals surface area contributed by atoms with E-state index in [0.717, 1.165) is 0 Å². The molecule has 0 aliphatic carbocycles. The molecule has 84 valence electrons. The molecule has 0 heterocycles. The van der Waals surface area contributed by atoms with E-state index in [4.69, 9.17) is 15.7 Å². The number of hydrogen-bond acceptors (Lipinski definition) is 5. The fraction of sp³-hybridized carbons (Fsp3) is 0.875. The van der Waals surface area contributed by atoms with Gasteiger partial charge < -0.3 is 26.1 Å². The minimum Gasteiger partial charge on any atom is -0.409 e. The average Bonchev–Trinajstić information content (AvgIpc) is 2.18. The van der Waals surface area contributed by atoms with Crippen molar-refractivity contribution in [2.45, 2.75) is 25.5 Å². The molecule has 14 heavy (non-hydrogen) atoms. The van der Waals surface area contributed by atoms with Gasteiger partial charge in [-0.05, 0) is 6.42 Å². The van der Waals surface area contributed by atoms with Crippen molar-refractivity contribution in [3.8, 4) is 0 Å². The summed E-state index contributed by atoms with van der Waals surface area (Å²) in [7, 11) is 1.52. The van der Waals surface area contributed by atoms with E-state index in [1.165, 1.54) is 7.11 Å². The number of nitrogens with zero attached hydrogens (tertiary/aromatic N) is 1. The lowest BCUT2D eigenvalue weighted by molar-refractivity contribution is 0.0638. The molecule has 6 nitrogen and oxygen atoms in total. The second-order valence-electron chi connectivity index (χ2n) is 3.00. The van der Waals surface area contributed by atoms with Crippen LogP contribution in [0.4, 0.5) is 0 Å². The number of hydrogen-bond donors (Lipinski definition) is 4. The van der Waals surface area contributed by atoms with Crippen molar-refractivity contribution in [2.75, 3.05) is 20.3 Å². The first-order valence-corrected chi connectivity index (χ1v) is 4.53. The topological polar surface area (TPSA) is 100 Å². The summed E-state index contributed by atoms with van der Waals surface area (Å²) < 4.78 is 4.76. The van der Waals surface area contributed by atoms with Crippen LogP contribution in [0.15, 0.2) is 5.16 Å². The third kappa shape index (κ3) is 5.00. The van der Waals surface area contributed by atoms with Crippen LogP contribution < -0.4 is 11.1 Å². The van der Waals surface area contributed by atoms with Gasteiger partial charge in [0.15, 0.2) is 5.84 Å². The van der Waals surface area contributed by atoms with Gasteiger partial charge in [0, 0.05) is 13.7 Å². The van der Waals surface area contributed by atoms with Crippen LogP contribution in [-0.4, -0.2) is 48.6 Å². The summed E-state index contributed by atoms with van der Waals surface area (Å²) in [5.74, 6) is 0.122. The third-order valence-electron chi connectivity index (χ3n) is 1.84. The van der Waals surface area contributed by atoms with Crippen LogP contribution in [0.25, 0.3) is 0 Å². The number of methoxy groups -OCH3 is 1. The minimum atomic E-state index is -0.583. The molecule has 0 fully saturated rings. The van der Waals surface area contributed by atoms with Gasteiger partial charge in [-0.3, -0.25) is 0 Å². The molecular formula is C8H19N3O3. The zero-order valence-electron chi connectivity index (χ0n) is 8.60. The van der Waals surface area contributed by atoms with Crippen LogP contribution in [0, 0.1) is 0 Å². The summed E-state index contributed by atoms with van der Waals surface area (Å²) in [4.78, 5) is 0. The van der Waals surface area contributed by atoms with E-state index < -0.39 is 6.10 Å². The first-order valence-electron chi connectivity index (χ1n) is 4.53. The highest BCUT2D eigenvalue weighted by molar-refractivity contribution is 5.85. The van der Waals surface area contributed by atoms with Crippen molar-refractivity contribution in [2.24, 2.45) is 10.9 Å². The lowest BCUT2D eigenvalue weighted by Gasteiger charge is -2.17. The maximum Gasteiger partial charge on any atom is 0.156 e. The highest BCUT2D eigenvalue weighted by Crippen LogP contribution is 1.92. The molecule has 0 aliphatic rings. The number of oxime groups is 1. The van der Waals surface area contributed by atoms with Gasteiger partial charge in [0.2, 0.25) is 0 Å². The fourth-order valence-electron chi connectivity index (χ4n) is 1.06. The van der Waals surface area contributed by atoms with Crippen molar-refractivity contribution < 1.29 is 15.1 Å². The van der Waals surface area contributed by atoms with Gasteiger partial charge in [-0.25, -0.2) is 0 Å². The highest BCUT2D eigenvalue weighted by Gasteiger charge is 2.12. The van der Waals surface area contributed by atoms with Crippen molar-refractivity contribution in [3.63, 3.8) is 0 Å². The molecular weight excluding hydrogens is 186 g/mol. The largest absolute Gasteiger partial charge is 0.409 e. The Labute approximate surface area is 83.7 Å². The Hall–Kier alpha value is -0.850. The molecule has 0 saturated heterocycles. The van der Waals surface area contributed by atoms with Crippen LogP contribution in [-0.2, 0) is 4.74 Å². The number of nitrogens with one attached hydrogen (secondary N) is 1. The van der Waals surface area contributed by atoms with Crippen LogP contribution in [0.3, 0.4) is 0 Å². The molecule has 5 N–H and O–H groups in total. The Balaban J connectivity index is 3.84. The molecule has 0 aromatic heterocycles. The molecule has 0 rings (SSSR count). The predicted molar refractivity (Wildman–Crippen MR) is 53.4 cm³/mol. The summed E-state index contributed by atoms with van der Waals surface area (Å²) in [6.45, 7) is 2.51. The minimum absolute atomic E-state index is 0.122. The summed E-state index contributed by atoms with van der Waals surface area (Å²) in [6.07, 6.45) is 0.107. The lowest BCUT2D eigenvalue weighted by Crippen LogP contribution is -2.44. The molecule has 2 atom stereocenters. The molecule has 0 amide bonds. The monoisotopic (exact) mass is 205 g/mol. The first kappa shape index (κ1) is 13.2.